The second kappa shape index (κ2) is 8.88. The number of hydrogen-bond acceptors (Lipinski definition) is 4. The number of nitrogens with zero attached hydrogens (tertiary/aromatic N) is 2. The van der Waals surface area contributed by atoms with Crippen LogP contribution in [0.25, 0.3) is 0 Å². The van der Waals surface area contributed by atoms with Crippen LogP contribution in [0.5, 0.6) is 0 Å². The van der Waals surface area contributed by atoms with E-state index in [1.165, 1.54) is 0 Å². The first-order valence-corrected chi connectivity index (χ1v) is 7.99. The van der Waals surface area contributed by atoms with Crippen LogP contribution >= 0.6 is 0 Å². The van der Waals surface area contributed by atoms with Crippen LogP contribution in [-0.2, 0) is 22.7 Å². The summed E-state index contributed by atoms with van der Waals surface area (Å²) in [6, 6.07) is 8.13. The fraction of sp³-hybridized carbons (Fsp3) is 0.588. The lowest BCUT2D eigenvalue weighted by Crippen LogP contribution is -2.49. The summed E-state index contributed by atoms with van der Waals surface area (Å²) in [6.45, 7) is 9.02. The molecule has 1 saturated heterocycles. The molecule has 1 fully saturated rings. The number of carbonyl (C=O) groups is 1. The Labute approximate surface area is 133 Å². The van der Waals surface area contributed by atoms with Gasteiger partial charge in [0, 0.05) is 39.8 Å². The molecule has 5 nitrogen and oxygen atoms in total. The van der Waals surface area contributed by atoms with Crippen LogP contribution in [0.2, 0.25) is 0 Å². The minimum atomic E-state index is 0.0992. The highest BCUT2D eigenvalue weighted by Crippen LogP contribution is 2.06. The maximum absolute atomic E-state index is 12.1. The van der Waals surface area contributed by atoms with Crippen LogP contribution in [-0.4, -0.2) is 62.1 Å². The van der Waals surface area contributed by atoms with Crippen molar-refractivity contribution >= 4 is 5.91 Å². The SMILES string of the molecule is CCN1CCN(CC(=O)NCc2cccc(COC)c2)CC1. The molecular weight excluding hydrogens is 278 g/mol. The van der Waals surface area contributed by atoms with Gasteiger partial charge in [0.2, 0.25) is 5.91 Å². The molecule has 0 aromatic heterocycles. The number of likely N-dealkylation sites (N-methyl/N-ethyl adjacent to an activating group) is 1. The topological polar surface area (TPSA) is 44.8 Å². The fourth-order valence-electron chi connectivity index (χ4n) is 2.72. The van der Waals surface area contributed by atoms with Crippen molar-refractivity contribution in [2.24, 2.45) is 0 Å². The molecule has 0 unspecified atom stereocenters. The van der Waals surface area contributed by atoms with Crippen LogP contribution < -0.4 is 5.32 Å². The Morgan fingerprint density at radius 2 is 1.86 bits per heavy atom. The molecule has 1 aromatic carbocycles. The highest BCUT2D eigenvalue weighted by Gasteiger charge is 2.17. The molecule has 122 valence electrons. The highest BCUT2D eigenvalue weighted by molar-refractivity contribution is 5.78. The predicted molar refractivity (Wildman–Crippen MR) is 87.6 cm³/mol. The van der Waals surface area contributed by atoms with E-state index in [0.29, 0.717) is 19.7 Å². The smallest absolute Gasteiger partial charge is 0.234 e. The van der Waals surface area contributed by atoms with Crippen LogP contribution in [0.15, 0.2) is 24.3 Å². The van der Waals surface area contributed by atoms with Crippen LogP contribution in [0.3, 0.4) is 0 Å². The molecule has 0 bridgehead atoms. The monoisotopic (exact) mass is 305 g/mol. The number of nitrogens with one attached hydrogen (secondary N) is 1. The molecule has 1 N–H and O–H groups in total. The Hall–Kier alpha value is -1.43. The van der Waals surface area contributed by atoms with E-state index in [1.54, 1.807) is 7.11 Å². The van der Waals surface area contributed by atoms with Gasteiger partial charge < -0.3 is 15.0 Å². The van der Waals surface area contributed by atoms with Gasteiger partial charge in [-0.05, 0) is 17.7 Å². The van der Waals surface area contributed by atoms with Gasteiger partial charge in [0.15, 0.2) is 0 Å². The van der Waals surface area contributed by atoms with E-state index in [-0.39, 0.29) is 5.91 Å². The molecule has 1 aliphatic heterocycles. The first-order valence-electron chi connectivity index (χ1n) is 7.99. The van der Waals surface area contributed by atoms with E-state index in [0.717, 1.165) is 43.9 Å². The molecular formula is C17H27N3O2. The second-order valence-corrected chi connectivity index (χ2v) is 5.74. The van der Waals surface area contributed by atoms with Crippen molar-refractivity contribution in [3.8, 4) is 0 Å². The molecule has 5 heteroatoms. The molecule has 1 amide bonds. The zero-order valence-electron chi connectivity index (χ0n) is 13.7. The Balaban J connectivity index is 1.72. The molecule has 1 heterocycles. The minimum Gasteiger partial charge on any atom is -0.380 e. The maximum atomic E-state index is 12.1. The minimum absolute atomic E-state index is 0.0992. The molecule has 0 spiro atoms. The van der Waals surface area contributed by atoms with Gasteiger partial charge in [0.1, 0.15) is 0 Å². The van der Waals surface area contributed by atoms with Crippen LogP contribution in [0, 0.1) is 0 Å². The standard InChI is InChI=1S/C17H27N3O2/c1-3-19-7-9-20(10-8-19)13-17(21)18-12-15-5-4-6-16(11-15)14-22-2/h4-6,11H,3,7-10,12-14H2,1-2H3,(H,18,21). The number of carbonyl (C=O) groups excluding carboxylic acids is 1. The lowest BCUT2D eigenvalue weighted by atomic mass is 10.1. The number of hydrogen-bond donors (Lipinski definition) is 1. The molecule has 1 aliphatic rings. The number of ether oxygens (including phenoxy) is 1. The van der Waals surface area contributed by atoms with Crippen molar-refractivity contribution in [1.82, 2.24) is 15.1 Å². The lowest BCUT2D eigenvalue weighted by molar-refractivity contribution is -0.122. The molecule has 0 aliphatic carbocycles. The average Bonchev–Trinajstić information content (AvgIpc) is 2.54. The summed E-state index contributed by atoms with van der Waals surface area (Å²) in [4.78, 5) is 16.7. The van der Waals surface area contributed by atoms with Crippen molar-refractivity contribution in [2.45, 2.75) is 20.1 Å². The number of benzene rings is 1. The number of amides is 1. The van der Waals surface area contributed by atoms with Gasteiger partial charge in [-0.2, -0.15) is 0 Å². The lowest BCUT2D eigenvalue weighted by Gasteiger charge is -2.33. The molecule has 22 heavy (non-hydrogen) atoms. The largest absolute Gasteiger partial charge is 0.380 e. The van der Waals surface area contributed by atoms with E-state index >= 15 is 0 Å². The van der Waals surface area contributed by atoms with E-state index in [4.69, 9.17) is 4.74 Å². The summed E-state index contributed by atoms with van der Waals surface area (Å²) < 4.78 is 5.13. The fourth-order valence-corrected chi connectivity index (χ4v) is 2.72. The second-order valence-electron chi connectivity index (χ2n) is 5.74. The van der Waals surface area contributed by atoms with Crippen molar-refractivity contribution < 1.29 is 9.53 Å². The van der Waals surface area contributed by atoms with Crippen LogP contribution in [0.4, 0.5) is 0 Å². The first kappa shape index (κ1) is 16.9. The normalized spacial score (nSPS) is 16.6. The third-order valence-corrected chi connectivity index (χ3v) is 4.07. The van der Waals surface area contributed by atoms with Gasteiger partial charge in [-0.15, -0.1) is 0 Å². The summed E-state index contributed by atoms with van der Waals surface area (Å²) in [5, 5.41) is 3.01. The van der Waals surface area contributed by atoms with Gasteiger partial charge in [-0.3, -0.25) is 9.69 Å². The number of piperazine rings is 1. The third kappa shape index (κ3) is 5.40. The zero-order chi connectivity index (χ0) is 15.8. The summed E-state index contributed by atoms with van der Waals surface area (Å²) in [6.07, 6.45) is 0. The third-order valence-electron chi connectivity index (χ3n) is 4.07. The Morgan fingerprint density at radius 1 is 1.18 bits per heavy atom. The predicted octanol–water partition coefficient (Wildman–Crippen LogP) is 1.09. The Bertz CT molecular complexity index is 471. The van der Waals surface area contributed by atoms with Crippen molar-refractivity contribution in [3.63, 3.8) is 0 Å². The van der Waals surface area contributed by atoms with Gasteiger partial charge in [-0.25, -0.2) is 0 Å². The summed E-state index contributed by atoms with van der Waals surface area (Å²) in [5.74, 6) is 0.0992. The number of rotatable bonds is 7. The van der Waals surface area contributed by atoms with E-state index in [9.17, 15) is 4.79 Å². The van der Waals surface area contributed by atoms with Crippen LogP contribution in [0.1, 0.15) is 18.1 Å². The van der Waals surface area contributed by atoms with E-state index < -0.39 is 0 Å². The van der Waals surface area contributed by atoms with Crippen molar-refractivity contribution in [2.75, 3.05) is 46.4 Å². The highest BCUT2D eigenvalue weighted by atomic mass is 16.5. The molecule has 0 radical (unpaired) electrons. The van der Waals surface area contributed by atoms with E-state index in [2.05, 4.69) is 28.1 Å². The van der Waals surface area contributed by atoms with Gasteiger partial charge >= 0.3 is 0 Å². The maximum Gasteiger partial charge on any atom is 0.234 e. The van der Waals surface area contributed by atoms with Crippen molar-refractivity contribution in [1.29, 1.82) is 0 Å². The molecule has 1 aromatic rings. The Morgan fingerprint density at radius 3 is 2.55 bits per heavy atom. The Kier molecular flexibility index (Phi) is 6.83. The van der Waals surface area contributed by atoms with Gasteiger partial charge in [0.05, 0.1) is 13.2 Å². The van der Waals surface area contributed by atoms with Gasteiger partial charge in [-0.1, -0.05) is 31.2 Å². The van der Waals surface area contributed by atoms with E-state index in [1.807, 2.05) is 18.2 Å². The average molecular weight is 305 g/mol. The summed E-state index contributed by atoms with van der Waals surface area (Å²) in [5.41, 5.74) is 2.24. The number of methoxy groups -OCH3 is 1. The molecule has 0 saturated carbocycles. The van der Waals surface area contributed by atoms with Crippen molar-refractivity contribution in [3.05, 3.63) is 35.4 Å². The molecule has 0 atom stereocenters. The first-order chi connectivity index (χ1) is 10.7. The quantitative estimate of drug-likeness (QED) is 0.819. The molecule has 2 rings (SSSR count). The van der Waals surface area contributed by atoms with Gasteiger partial charge in [0.25, 0.3) is 0 Å². The summed E-state index contributed by atoms with van der Waals surface area (Å²) in [7, 11) is 1.69. The zero-order valence-corrected chi connectivity index (χ0v) is 13.7. The summed E-state index contributed by atoms with van der Waals surface area (Å²) >= 11 is 0.